The van der Waals surface area contributed by atoms with Gasteiger partial charge in [0.15, 0.2) is 9.84 Å². The Morgan fingerprint density at radius 1 is 1.31 bits per heavy atom. The van der Waals surface area contributed by atoms with Gasteiger partial charge in [-0.3, -0.25) is 0 Å². The second-order valence-corrected chi connectivity index (χ2v) is 8.18. The van der Waals surface area contributed by atoms with Gasteiger partial charge in [-0.05, 0) is 45.7 Å². The predicted octanol–water partition coefficient (Wildman–Crippen LogP) is 1.92. The molecule has 16 heavy (non-hydrogen) atoms. The van der Waals surface area contributed by atoms with Gasteiger partial charge < -0.3 is 4.90 Å². The monoisotopic (exact) mass is 311 g/mol. The van der Waals surface area contributed by atoms with E-state index in [4.69, 9.17) is 0 Å². The van der Waals surface area contributed by atoms with Gasteiger partial charge in [0.2, 0.25) is 0 Å². The molecular formula is C11H22BrNO2S. The number of halogens is 1. The first-order valence-corrected chi connectivity index (χ1v) is 8.79. The molecule has 1 fully saturated rings. The van der Waals surface area contributed by atoms with E-state index in [9.17, 15) is 8.42 Å². The first-order valence-electron chi connectivity index (χ1n) is 5.95. The second-order valence-electron chi connectivity index (χ2n) is 4.86. The van der Waals surface area contributed by atoms with Crippen LogP contribution in [-0.2, 0) is 9.84 Å². The smallest absolute Gasteiger partial charge is 0.153 e. The number of likely N-dealkylation sites (tertiary alicyclic amines) is 1. The van der Waals surface area contributed by atoms with Crippen molar-refractivity contribution in [2.75, 3.05) is 30.7 Å². The zero-order chi connectivity index (χ0) is 12.2. The van der Waals surface area contributed by atoms with Crippen molar-refractivity contribution in [3.8, 4) is 0 Å². The minimum atomic E-state index is -2.87. The van der Waals surface area contributed by atoms with Crippen LogP contribution in [0.25, 0.3) is 0 Å². The Kier molecular flexibility index (Phi) is 5.74. The predicted molar refractivity (Wildman–Crippen MR) is 71.9 cm³/mol. The number of piperidine rings is 1. The van der Waals surface area contributed by atoms with E-state index in [0.29, 0.717) is 12.3 Å². The molecule has 1 aliphatic rings. The maximum absolute atomic E-state index is 11.7. The van der Waals surface area contributed by atoms with Crippen molar-refractivity contribution in [3.63, 3.8) is 0 Å². The zero-order valence-electron chi connectivity index (χ0n) is 10.2. The van der Waals surface area contributed by atoms with E-state index < -0.39 is 9.84 Å². The lowest BCUT2D eigenvalue weighted by molar-refractivity contribution is 0.204. The van der Waals surface area contributed by atoms with E-state index in [1.807, 2.05) is 0 Å². The van der Waals surface area contributed by atoms with Gasteiger partial charge in [-0.25, -0.2) is 8.42 Å². The second kappa shape index (κ2) is 6.36. The van der Waals surface area contributed by atoms with Crippen LogP contribution in [0.2, 0.25) is 0 Å². The molecule has 0 amide bonds. The molecule has 3 nitrogen and oxygen atoms in total. The zero-order valence-corrected chi connectivity index (χ0v) is 12.6. The third kappa shape index (κ3) is 4.34. The van der Waals surface area contributed by atoms with Gasteiger partial charge in [0.05, 0.1) is 11.0 Å². The molecule has 1 rings (SSSR count). The lowest BCUT2D eigenvalue weighted by atomic mass is 9.99. The van der Waals surface area contributed by atoms with Crippen LogP contribution < -0.4 is 0 Å². The van der Waals surface area contributed by atoms with Crippen LogP contribution in [0.1, 0.15) is 26.7 Å². The average molecular weight is 312 g/mol. The van der Waals surface area contributed by atoms with Crippen LogP contribution in [0.5, 0.6) is 0 Å². The first-order chi connectivity index (χ1) is 7.45. The standard InChI is InChI=1S/C11H22BrNO2S/c1-10(2)16(14,15)8-7-13-5-3-11(9-12)4-6-13/h10-11H,3-9H2,1-2H3. The van der Waals surface area contributed by atoms with E-state index in [-0.39, 0.29) is 5.25 Å². The molecule has 0 spiro atoms. The van der Waals surface area contributed by atoms with Crippen molar-refractivity contribution in [2.24, 2.45) is 5.92 Å². The number of hydrogen-bond acceptors (Lipinski definition) is 3. The quantitative estimate of drug-likeness (QED) is 0.728. The number of alkyl halides is 1. The van der Waals surface area contributed by atoms with Gasteiger partial charge in [0, 0.05) is 11.9 Å². The van der Waals surface area contributed by atoms with E-state index in [1.54, 1.807) is 13.8 Å². The fourth-order valence-corrected chi connectivity index (χ4v) is 3.49. The third-order valence-electron chi connectivity index (χ3n) is 3.34. The van der Waals surface area contributed by atoms with Crippen molar-refractivity contribution < 1.29 is 8.42 Å². The van der Waals surface area contributed by atoms with Crippen LogP contribution >= 0.6 is 15.9 Å². The Balaban J connectivity index is 2.30. The van der Waals surface area contributed by atoms with Crippen LogP contribution in [0.4, 0.5) is 0 Å². The number of nitrogens with zero attached hydrogens (tertiary/aromatic N) is 1. The summed E-state index contributed by atoms with van der Waals surface area (Å²) in [6, 6.07) is 0. The lowest BCUT2D eigenvalue weighted by Gasteiger charge is -2.31. The van der Waals surface area contributed by atoms with Crippen molar-refractivity contribution >= 4 is 25.8 Å². The minimum absolute atomic E-state index is 0.243. The van der Waals surface area contributed by atoms with Crippen molar-refractivity contribution in [1.82, 2.24) is 4.90 Å². The number of rotatable bonds is 5. The SMILES string of the molecule is CC(C)S(=O)(=O)CCN1CCC(CBr)CC1. The Bertz CT molecular complexity index is 295. The molecule has 0 unspecified atom stereocenters. The maximum atomic E-state index is 11.7. The van der Waals surface area contributed by atoms with Gasteiger partial charge in [0.25, 0.3) is 0 Å². The summed E-state index contributed by atoms with van der Waals surface area (Å²) in [7, 11) is -2.87. The lowest BCUT2D eigenvalue weighted by Crippen LogP contribution is -2.38. The molecule has 0 N–H and O–H groups in total. The Labute approximate surface area is 108 Å². The Hall–Kier alpha value is 0.390. The fourth-order valence-electron chi connectivity index (χ4n) is 1.86. The molecular weight excluding hydrogens is 290 g/mol. The maximum Gasteiger partial charge on any atom is 0.153 e. The first kappa shape index (κ1) is 14.5. The van der Waals surface area contributed by atoms with Gasteiger partial charge in [-0.2, -0.15) is 0 Å². The van der Waals surface area contributed by atoms with Gasteiger partial charge >= 0.3 is 0 Å². The summed E-state index contributed by atoms with van der Waals surface area (Å²) in [6.07, 6.45) is 2.37. The van der Waals surface area contributed by atoms with E-state index in [2.05, 4.69) is 20.8 Å². The summed E-state index contributed by atoms with van der Waals surface area (Å²) in [6.45, 7) is 6.31. The third-order valence-corrected chi connectivity index (χ3v) is 6.44. The molecule has 0 bridgehead atoms. The highest BCUT2D eigenvalue weighted by Gasteiger charge is 2.21. The fraction of sp³-hybridized carbons (Fsp3) is 1.00. The molecule has 0 aromatic carbocycles. The molecule has 1 aliphatic heterocycles. The van der Waals surface area contributed by atoms with Crippen molar-refractivity contribution in [2.45, 2.75) is 31.9 Å². The summed E-state index contributed by atoms with van der Waals surface area (Å²) < 4.78 is 23.3. The van der Waals surface area contributed by atoms with E-state index >= 15 is 0 Å². The average Bonchev–Trinajstić information content (AvgIpc) is 2.27. The highest BCUT2D eigenvalue weighted by Crippen LogP contribution is 2.18. The van der Waals surface area contributed by atoms with E-state index in [0.717, 1.165) is 24.3 Å². The minimum Gasteiger partial charge on any atom is -0.302 e. The summed E-state index contributed by atoms with van der Waals surface area (Å²) in [5.41, 5.74) is 0. The largest absolute Gasteiger partial charge is 0.302 e. The highest BCUT2D eigenvalue weighted by molar-refractivity contribution is 9.09. The molecule has 0 saturated carbocycles. The number of hydrogen-bond donors (Lipinski definition) is 0. The van der Waals surface area contributed by atoms with Crippen LogP contribution in [0, 0.1) is 5.92 Å². The van der Waals surface area contributed by atoms with Crippen molar-refractivity contribution in [1.29, 1.82) is 0 Å². The normalized spacial score (nSPS) is 20.5. The van der Waals surface area contributed by atoms with Crippen LogP contribution in [0.15, 0.2) is 0 Å². The summed E-state index contributed by atoms with van der Waals surface area (Å²) in [5, 5.41) is 0.832. The van der Waals surface area contributed by atoms with Crippen LogP contribution in [-0.4, -0.2) is 49.3 Å². The van der Waals surface area contributed by atoms with Gasteiger partial charge in [-0.15, -0.1) is 0 Å². The molecule has 1 heterocycles. The molecule has 0 aromatic heterocycles. The Morgan fingerprint density at radius 3 is 2.31 bits per heavy atom. The Morgan fingerprint density at radius 2 is 1.88 bits per heavy atom. The summed E-state index contributed by atoms with van der Waals surface area (Å²) >= 11 is 3.51. The summed E-state index contributed by atoms with van der Waals surface area (Å²) in [4.78, 5) is 2.28. The van der Waals surface area contributed by atoms with Crippen LogP contribution in [0.3, 0.4) is 0 Å². The molecule has 0 aliphatic carbocycles. The van der Waals surface area contributed by atoms with Gasteiger partial charge in [0.1, 0.15) is 0 Å². The molecule has 5 heteroatoms. The molecule has 96 valence electrons. The molecule has 0 atom stereocenters. The molecule has 1 saturated heterocycles. The van der Waals surface area contributed by atoms with Crippen molar-refractivity contribution in [3.05, 3.63) is 0 Å². The molecule has 0 radical (unpaired) electrons. The van der Waals surface area contributed by atoms with Gasteiger partial charge in [-0.1, -0.05) is 15.9 Å². The van der Waals surface area contributed by atoms with E-state index in [1.165, 1.54) is 12.8 Å². The summed E-state index contributed by atoms with van der Waals surface area (Å²) in [5.74, 6) is 1.09. The number of sulfone groups is 1. The molecule has 0 aromatic rings. The highest BCUT2D eigenvalue weighted by atomic mass is 79.9. The topological polar surface area (TPSA) is 37.4 Å².